The van der Waals surface area contributed by atoms with Gasteiger partial charge in [0.05, 0.1) is 37.6 Å². The second kappa shape index (κ2) is 36.9. The Balaban J connectivity index is -0.000000281. The van der Waals surface area contributed by atoms with Crippen LogP contribution in [0.2, 0.25) is 0 Å². The molecule has 0 aliphatic carbocycles. The van der Waals surface area contributed by atoms with Crippen LogP contribution < -0.4 is 0 Å². The summed E-state index contributed by atoms with van der Waals surface area (Å²) in [5, 5.41) is 11.6. The number of aliphatic hydroxyl groups is 1. The molecule has 0 radical (unpaired) electrons. The quantitative estimate of drug-likeness (QED) is 0.0754. The molecule has 0 saturated carbocycles. The van der Waals surface area contributed by atoms with Gasteiger partial charge in [-0.2, -0.15) is 0 Å². The molecule has 54 heavy (non-hydrogen) atoms. The summed E-state index contributed by atoms with van der Waals surface area (Å²) < 4.78 is 36.1. The third-order valence-electron chi connectivity index (χ3n) is 8.96. The molecule has 0 aromatic heterocycles. The molecule has 328 valence electrons. The molecule has 1 N–H and O–H groups in total. The second-order valence-corrected chi connectivity index (χ2v) is 14.2. The Morgan fingerprint density at radius 1 is 1.02 bits per heavy atom. The minimum absolute atomic E-state index is 0.0365. The van der Waals surface area contributed by atoms with Gasteiger partial charge in [0.25, 0.3) is 6.47 Å². The molecule has 2 aliphatic heterocycles. The lowest BCUT2D eigenvalue weighted by atomic mass is 9.77. The summed E-state index contributed by atoms with van der Waals surface area (Å²) in [5.74, 6) is 0.555. The number of epoxide rings is 1. The summed E-state index contributed by atoms with van der Waals surface area (Å²) in [6.45, 7) is 29.8. The fourth-order valence-corrected chi connectivity index (χ4v) is 5.48. The van der Waals surface area contributed by atoms with Crippen LogP contribution in [0.1, 0.15) is 123 Å². The van der Waals surface area contributed by atoms with Crippen LogP contribution in [-0.4, -0.2) is 145 Å². The van der Waals surface area contributed by atoms with Crippen molar-refractivity contribution in [3.05, 3.63) is 0 Å². The van der Waals surface area contributed by atoms with Crippen molar-refractivity contribution in [2.24, 2.45) is 17.8 Å². The van der Waals surface area contributed by atoms with Crippen LogP contribution in [0.15, 0.2) is 0 Å². The van der Waals surface area contributed by atoms with Gasteiger partial charge in [-0.25, -0.2) is 0 Å². The van der Waals surface area contributed by atoms with Gasteiger partial charge in [0.15, 0.2) is 6.29 Å². The molecule has 0 bridgehead atoms. The third kappa shape index (κ3) is 31.5. The number of ether oxygens (including phenoxy) is 7. The number of rotatable bonds is 16. The lowest BCUT2D eigenvalue weighted by Crippen LogP contribution is -2.52. The molecule has 2 saturated heterocycles. The van der Waals surface area contributed by atoms with E-state index in [9.17, 15) is 14.7 Å². The molecule has 0 amide bonds. The van der Waals surface area contributed by atoms with E-state index in [0.717, 1.165) is 32.2 Å². The van der Waals surface area contributed by atoms with Crippen LogP contribution in [0.3, 0.4) is 0 Å². The second-order valence-electron chi connectivity index (χ2n) is 14.2. The molecule has 10 atom stereocenters. The van der Waals surface area contributed by atoms with Gasteiger partial charge in [-0.3, -0.25) is 14.5 Å². The van der Waals surface area contributed by atoms with Gasteiger partial charge in [-0.05, 0) is 86.4 Å². The van der Waals surface area contributed by atoms with Crippen LogP contribution in [0.4, 0.5) is 0 Å². The Morgan fingerprint density at radius 2 is 1.48 bits per heavy atom. The Morgan fingerprint density at radius 3 is 1.81 bits per heavy atom. The smallest absolute Gasteiger partial charge is 0.302 e. The maximum absolute atomic E-state index is 11.6. The van der Waals surface area contributed by atoms with Crippen molar-refractivity contribution in [1.29, 1.82) is 0 Å². The van der Waals surface area contributed by atoms with Crippen molar-refractivity contribution in [3.8, 4) is 0 Å². The van der Waals surface area contributed by atoms with Gasteiger partial charge < -0.3 is 48.0 Å². The van der Waals surface area contributed by atoms with Crippen molar-refractivity contribution < 1.29 is 52.6 Å². The molecule has 0 aromatic rings. The fourth-order valence-electron chi connectivity index (χ4n) is 5.48. The van der Waals surface area contributed by atoms with Crippen molar-refractivity contribution in [3.63, 3.8) is 0 Å². The highest BCUT2D eigenvalue weighted by Gasteiger charge is 2.45. The normalized spacial score (nSPS) is 23.4. The molecule has 13 heteroatoms. The summed E-state index contributed by atoms with van der Waals surface area (Å²) in [6, 6.07) is 0.406. The lowest BCUT2D eigenvalue weighted by molar-refractivity contribution is -0.263. The van der Waals surface area contributed by atoms with E-state index in [0.29, 0.717) is 31.4 Å². The standard InChI is InChI=1S/C24H48N2O5.C6H12O2.C3H6O2.C2H6O.C2H4O.2C2H6/c1-10-18(3)20(5)23(31-22-12-21(25(7)8)11-19(4)30-22)24(6,28)13-17(2)14-26(9)15-29-16-27;1-5(7-3)6(2)4-8-6;1-3(4)5-2;1-3-2;1-2-3;2*1-2/h16-23,28H,10-15H2,1-9H3;5H,4H2,1-3H3;1-2H3;1-2H3;2H,1H3;2*1-2H3/t17-,18+,19?,20+,21?,22?,23-,24-;5-,6+;;;;;/m11...../s1. The van der Waals surface area contributed by atoms with Crippen LogP contribution in [0, 0.1) is 17.8 Å². The molecule has 0 spiro atoms. The number of carbonyl (C=O) groups is 3. The fraction of sp³-hybridized carbons (Fsp3) is 0.927. The number of carbonyl (C=O) groups excluding carboxylic acids is 3. The molecule has 2 rings (SSSR count). The van der Waals surface area contributed by atoms with E-state index in [1.807, 2.05) is 53.5 Å². The van der Waals surface area contributed by atoms with Crippen LogP contribution in [0.5, 0.6) is 0 Å². The van der Waals surface area contributed by atoms with Crippen LogP contribution >= 0.6 is 0 Å². The maximum Gasteiger partial charge on any atom is 0.302 e. The largest absolute Gasteiger partial charge is 0.469 e. The van der Waals surface area contributed by atoms with E-state index in [1.54, 1.807) is 21.3 Å². The molecule has 2 heterocycles. The highest BCUT2D eigenvalue weighted by molar-refractivity contribution is 5.65. The molecule has 2 fully saturated rings. The zero-order valence-corrected chi connectivity index (χ0v) is 38.6. The predicted molar refractivity (Wildman–Crippen MR) is 219 cm³/mol. The van der Waals surface area contributed by atoms with Gasteiger partial charge in [-0.15, -0.1) is 0 Å². The number of nitrogens with zero attached hydrogens (tertiary/aromatic N) is 2. The predicted octanol–water partition coefficient (Wildman–Crippen LogP) is 6.86. The monoisotopic (exact) mass is 785 g/mol. The minimum Gasteiger partial charge on any atom is -0.469 e. The van der Waals surface area contributed by atoms with Gasteiger partial charge >= 0.3 is 5.97 Å². The summed E-state index contributed by atoms with van der Waals surface area (Å²) >= 11 is 0. The number of hydrogen-bond acceptors (Lipinski definition) is 13. The Bertz CT molecular complexity index is 859. The average molecular weight is 785 g/mol. The number of methoxy groups -OCH3 is 3. The first-order valence-electron chi connectivity index (χ1n) is 19.6. The molecule has 2 aliphatic rings. The topological polar surface area (TPSA) is 146 Å². The molecule has 0 aromatic carbocycles. The Labute approximate surface area is 332 Å². The highest BCUT2D eigenvalue weighted by Crippen LogP contribution is 2.36. The molecule has 13 nitrogen and oxygen atoms in total. The minimum atomic E-state index is -1.01. The average Bonchev–Trinajstić information content (AvgIpc) is 3.89. The SMILES string of the molecule is CC.CC.CC=O.CC[C@H](C)[C@H](C)[C@@H](OC1CC(N(C)C)CC(C)O1)[C@](C)(O)C[C@@H](C)CN(C)COC=O.COC.COC(C)=O.CO[C@H](C)[C@]1(C)CO1. The first-order valence-corrected chi connectivity index (χ1v) is 19.6. The first kappa shape index (κ1) is 61.5. The van der Waals surface area contributed by atoms with E-state index < -0.39 is 5.60 Å². The zero-order valence-electron chi connectivity index (χ0n) is 38.6. The Kier molecular flexibility index (Phi) is 42.0. The first-order chi connectivity index (χ1) is 25.2. The van der Waals surface area contributed by atoms with Crippen molar-refractivity contribution in [1.82, 2.24) is 9.80 Å². The van der Waals surface area contributed by atoms with Gasteiger partial charge in [0.1, 0.15) is 18.6 Å². The molecular weight excluding hydrogens is 696 g/mol. The highest BCUT2D eigenvalue weighted by atomic mass is 16.7. The third-order valence-corrected chi connectivity index (χ3v) is 8.96. The van der Waals surface area contributed by atoms with Gasteiger partial charge in [0.2, 0.25) is 0 Å². The van der Waals surface area contributed by atoms with Gasteiger partial charge in [0, 0.05) is 47.3 Å². The lowest BCUT2D eigenvalue weighted by Gasteiger charge is -2.44. The Hall–Kier alpha value is -1.71. The maximum atomic E-state index is 11.6. The summed E-state index contributed by atoms with van der Waals surface area (Å²) in [4.78, 5) is 33.0. The van der Waals surface area contributed by atoms with Crippen LogP contribution in [-0.2, 0) is 47.5 Å². The van der Waals surface area contributed by atoms with E-state index in [1.165, 1.54) is 21.0 Å². The van der Waals surface area contributed by atoms with Crippen LogP contribution in [0.25, 0.3) is 0 Å². The van der Waals surface area contributed by atoms with E-state index >= 15 is 0 Å². The number of aldehydes is 1. The van der Waals surface area contributed by atoms with Crippen molar-refractivity contribution in [2.45, 2.75) is 164 Å². The van der Waals surface area contributed by atoms with E-state index in [2.05, 4.69) is 70.0 Å². The number of esters is 1. The van der Waals surface area contributed by atoms with Crippen molar-refractivity contribution >= 4 is 18.7 Å². The zero-order chi connectivity index (χ0) is 43.7. The summed E-state index contributed by atoms with van der Waals surface area (Å²) in [7, 11) is 12.4. The van der Waals surface area contributed by atoms with Crippen molar-refractivity contribution in [2.75, 3.05) is 69.5 Å². The molecule has 3 unspecified atom stereocenters. The molecular formula is C41H88N2O11. The van der Waals surface area contributed by atoms with E-state index in [-0.39, 0.29) is 54.7 Å². The number of hydrogen-bond donors (Lipinski definition) is 1. The van der Waals surface area contributed by atoms with E-state index in [4.69, 9.17) is 28.5 Å². The summed E-state index contributed by atoms with van der Waals surface area (Å²) in [6.07, 6.45) is 3.87. The summed E-state index contributed by atoms with van der Waals surface area (Å²) in [5.41, 5.74) is -0.971. The van der Waals surface area contributed by atoms with Gasteiger partial charge in [-0.1, -0.05) is 61.8 Å².